The van der Waals surface area contributed by atoms with E-state index in [1.807, 2.05) is 0 Å². The molecule has 3 aliphatic rings. The van der Waals surface area contributed by atoms with Crippen molar-refractivity contribution in [2.24, 2.45) is 10.8 Å². The molecule has 2 unspecified atom stereocenters. The van der Waals surface area contributed by atoms with Gasteiger partial charge < -0.3 is 5.32 Å². The van der Waals surface area contributed by atoms with Gasteiger partial charge in [-0.25, -0.2) is 0 Å². The van der Waals surface area contributed by atoms with Crippen molar-refractivity contribution >= 4 is 0 Å². The highest BCUT2D eigenvalue weighted by atomic mass is 15.2. The zero-order valence-electron chi connectivity index (χ0n) is 10.9. The zero-order valence-corrected chi connectivity index (χ0v) is 10.9. The van der Waals surface area contributed by atoms with Crippen LogP contribution in [0.5, 0.6) is 0 Å². The summed E-state index contributed by atoms with van der Waals surface area (Å²) in [6.07, 6.45) is 7.32. The van der Waals surface area contributed by atoms with Crippen molar-refractivity contribution in [2.75, 3.05) is 26.2 Å². The van der Waals surface area contributed by atoms with E-state index in [1.165, 1.54) is 58.3 Å². The highest BCUT2D eigenvalue weighted by Gasteiger charge is 2.47. The van der Waals surface area contributed by atoms with Crippen molar-refractivity contribution in [3.63, 3.8) is 0 Å². The van der Waals surface area contributed by atoms with Gasteiger partial charge >= 0.3 is 0 Å². The molecular formula is C14H26N2. The van der Waals surface area contributed by atoms with Gasteiger partial charge in [-0.05, 0) is 50.0 Å². The Bertz CT molecular complexity index is 264. The average Bonchev–Trinajstić information content (AvgIpc) is 2.72. The molecule has 0 aromatic heterocycles. The lowest BCUT2D eigenvalue weighted by atomic mass is 9.68. The summed E-state index contributed by atoms with van der Waals surface area (Å²) in [7, 11) is 0. The van der Waals surface area contributed by atoms with Gasteiger partial charge in [0.05, 0.1) is 0 Å². The maximum Gasteiger partial charge on any atom is 0.00731 e. The first-order valence-electron chi connectivity index (χ1n) is 7.06. The molecule has 0 bridgehead atoms. The second kappa shape index (κ2) is 3.71. The number of hydrogen-bond acceptors (Lipinski definition) is 2. The fourth-order valence-corrected chi connectivity index (χ4v) is 4.15. The molecule has 1 saturated carbocycles. The quantitative estimate of drug-likeness (QED) is 0.771. The Morgan fingerprint density at radius 3 is 2.62 bits per heavy atom. The van der Waals surface area contributed by atoms with Crippen LogP contribution >= 0.6 is 0 Å². The van der Waals surface area contributed by atoms with Crippen molar-refractivity contribution in [1.29, 1.82) is 0 Å². The first kappa shape index (κ1) is 11.0. The molecule has 1 spiro atoms. The van der Waals surface area contributed by atoms with E-state index in [1.54, 1.807) is 0 Å². The lowest BCUT2D eigenvalue weighted by Crippen LogP contribution is -2.41. The molecule has 1 N–H and O–H groups in total. The molecule has 2 saturated heterocycles. The molecule has 2 heteroatoms. The Morgan fingerprint density at radius 1 is 1.31 bits per heavy atom. The number of nitrogens with one attached hydrogen (secondary N) is 1. The number of hydrogen-bond donors (Lipinski definition) is 1. The molecule has 0 aromatic carbocycles. The topological polar surface area (TPSA) is 15.3 Å². The Balaban J connectivity index is 1.62. The summed E-state index contributed by atoms with van der Waals surface area (Å²) in [4.78, 5) is 2.78. The van der Waals surface area contributed by atoms with Crippen LogP contribution in [0.4, 0.5) is 0 Å². The second-order valence-corrected chi connectivity index (χ2v) is 7.05. The third-order valence-corrected chi connectivity index (χ3v) is 5.35. The van der Waals surface area contributed by atoms with Crippen LogP contribution in [0.25, 0.3) is 0 Å². The Kier molecular flexibility index (Phi) is 2.56. The van der Waals surface area contributed by atoms with Gasteiger partial charge in [0, 0.05) is 25.7 Å². The minimum Gasteiger partial charge on any atom is -0.316 e. The van der Waals surface area contributed by atoms with Crippen molar-refractivity contribution < 1.29 is 0 Å². The fraction of sp³-hybridized carbons (Fsp3) is 1.00. The third-order valence-electron chi connectivity index (χ3n) is 5.35. The van der Waals surface area contributed by atoms with Gasteiger partial charge in [0.15, 0.2) is 0 Å². The largest absolute Gasteiger partial charge is 0.316 e. The molecule has 2 atom stereocenters. The molecule has 3 fully saturated rings. The average molecular weight is 222 g/mol. The van der Waals surface area contributed by atoms with Gasteiger partial charge in [-0.3, -0.25) is 4.90 Å². The van der Waals surface area contributed by atoms with Crippen molar-refractivity contribution in [1.82, 2.24) is 10.2 Å². The molecule has 0 amide bonds. The second-order valence-electron chi connectivity index (χ2n) is 7.05. The van der Waals surface area contributed by atoms with Crippen LogP contribution in [-0.4, -0.2) is 37.1 Å². The normalized spacial score (nSPS) is 42.8. The summed E-state index contributed by atoms with van der Waals surface area (Å²) < 4.78 is 0. The SMILES string of the molecule is CC1CC2(CCC2)CN1CC1(C)CCNC1. The van der Waals surface area contributed by atoms with Gasteiger partial charge in [-0.1, -0.05) is 13.3 Å². The van der Waals surface area contributed by atoms with Crippen LogP contribution in [0, 0.1) is 10.8 Å². The third kappa shape index (κ3) is 1.80. The van der Waals surface area contributed by atoms with Gasteiger partial charge in [-0.15, -0.1) is 0 Å². The molecular weight excluding hydrogens is 196 g/mol. The van der Waals surface area contributed by atoms with E-state index in [0.29, 0.717) is 5.41 Å². The monoisotopic (exact) mass is 222 g/mol. The highest BCUT2D eigenvalue weighted by molar-refractivity contribution is 5.01. The van der Waals surface area contributed by atoms with Crippen molar-refractivity contribution in [2.45, 2.75) is 52.0 Å². The summed E-state index contributed by atoms with van der Waals surface area (Å²) in [5.41, 5.74) is 1.30. The van der Waals surface area contributed by atoms with Crippen LogP contribution in [0.1, 0.15) is 46.0 Å². The van der Waals surface area contributed by atoms with E-state index in [0.717, 1.165) is 11.5 Å². The standard InChI is InChI=1S/C14H26N2/c1-12-8-14(4-3-5-14)11-16(12)10-13(2)6-7-15-9-13/h12,15H,3-11H2,1-2H3. The van der Waals surface area contributed by atoms with E-state index in [9.17, 15) is 0 Å². The summed E-state index contributed by atoms with van der Waals surface area (Å²) in [5.74, 6) is 0. The number of nitrogens with zero attached hydrogens (tertiary/aromatic N) is 1. The molecule has 1 aliphatic carbocycles. The minimum atomic E-state index is 0.545. The van der Waals surface area contributed by atoms with E-state index in [-0.39, 0.29) is 0 Å². The maximum absolute atomic E-state index is 3.52. The first-order chi connectivity index (χ1) is 7.61. The van der Waals surface area contributed by atoms with Gasteiger partial charge in [0.25, 0.3) is 0 Å². The van der Waals surface area contributed by atoms with Crippen LogP contribution in [0.3, 0.4) is 0 Å². The van der Waals surface area contributed by atoms with Crippen LogP contribution in [0.15, 0.2) is 0 Å². The molecule has 92 valence electrons. The highest BCUT2D eigenvalue weighted by Crippen LogP contribution is 2.50. The Hall–Kier alpha value is -0.0800. The predicted molar refractivity (Wildman–Crippen MR) is 67.5 cm³/mol. The Labute approximate surface area is 99.8 Å². The summed E-state index contributed by atoms with van der Waals surface area (Å²) in [6, 6.07) is 0.831. The van der Waals surface area contributed by atoms with Crippen molar-refractivity contribution in [3.8, 4) is 0 Å². The Morgan fingerprint density at radius 2 is 2.12 bits per heavy atom. The van der Waals surface area contributed by atoms with E-state index >= 15 is 0 Å². The zero-order chi connectivity index (χ0) is 11.2. The van der Waals surface area contributed by atoms with Crippen molar-refractivity contribution in [3.05, 3.63) is 0 Å². The number of rotatable bonds is 2. The molecule has 2 nitrogen and oxygen atoms in total. The smallest absolute Gasteiger partial charge is 0.00731 e. The maximum atomic E-state index is 3.52. The lowest BCUT2D eigenvalue weighted by molar-refractivity contribution is 0.119. The molecule has 0 radical (unpaired) electrons. The first-order valence-corrected chi connectivity index (χ1v) is 7.06. The van der Waals surface area contributed by atoms with E-state index < -0.39 is 0 Å². The summed E-state index contributed by atoms with van der Waals surface area (Å²) in [6.45, 7) is 10.1. The number of likely N-dealkylation sites (tertiary alicyclic amines) is 1. The van der Waals surface area contributed by atoms with E-state index in [2.05, 4.69) is 24.1 Å². The molecule has 3 rings (SSSR count). The van der Waals surface area contributed by atoms with Crippen LogP contribution in [-0.2, 0) is 0 Å². The summed E-state index contributed by atoms with van der Waals surface area (Å²) >= 11 is 0. The van der Waals surface area contributed by atoms with Gasteiger partial charge in [0.1, 0.15) is 0 Å². The van der Waals surface area contributed by atoms with Gasteiger partial charge in [-0.2, -0.15) is 0 Å². The van der Waals surface area contributed by atoms with Crippen LogP contribution < -0.4 is 5.32 Å². The van der Waals surface area contributed by atoms with Gasteiger partial charge in [0.2, 0.25) is 0 Å². The lowest BCUT2D eigenvalue weighted by Gasteiger charge is -2.39. The molecule has 16 heavy (non-hydrogen) atoms. The summed E-state index contributed by atoms with van der Waals surface area (Å²) in [5, 5.41) is 3.52. The predicted octanol–water partition coefficient (Wildman–Crippen LogP) is 2.25. The van der Waals surface area contributed by atoms with Crippen LogP contribution in [0.2, 0.25) is 0 Å². The minimum absolute atomic E-state index is 0.545. The van der Waals surface area contributed by atoms with E-state index in [4.69, 9.17) is 0 Å². The molecule has 0 aromatic rings. The fourth-order valence-electron chi connectivity index (χ4n) is 4.15. The molecule has 2 aliphatic heterocycles. The molecule has 2 heterocycles.